The molecule has 0 aliphatic heterocycles. The molecule has 1 atom stereocenters. The predicted octanol–water partition coefficient (Wildman–Crippen LogP) is 4.22. The van der Waals surface area contributed by atoms with E-state index in [1.807, 2.05) is 0 Å². The standard InChI is InChI=1S/C15H8BrF2NO/c16-9-5-6-14(18)11(7-9)15(20)12(8-19)10-3-1-2-4-13(10)17/h1-7,12H. The number of carbonyl (C=O) groups excluding carboxylic acids is 1. The average Bonchev–Trinajstić information content (AvgIpc) is 2.44. The van der Waals surface area contributed by atoms with Gasteiger partial charge < -0.3 is 0 Å². The number of nitrogens with zero attached hydrogens (tertiary/aromatic N) is 1. The second kappa shape index (κ2) is 5.93. The maximum Gasteiger partial charge on any atom is 0.187 e. The molecule has 2 nitrogen and oxygen atoms in total. The third kappa shape index (κ3) is 2.75. The molecule has 0 bridgehead atoms. The van der Waals surface area contributed by atoms with Crippen molar-refractivity contribution in [2.75, 3.05) is 0 Å². The summed E-state index contributed by atoms with van der Waals surface area (Å²) in [7, 11) is 0. The van der Waals surface area contributed by atoms with Crippen LogP contribution in [0.1, 0.15) is 21.8 Å². The Labute approximate surface area is 122 Å². The van der Waals surface area contributed by atoms with E-state index in [2.05, 4.69) is 15.9 Å². The van der Waals surface area contributed by atoms with E-state index in [1.165, 1.54) is 30.3 Å². The van der Waals surface area contributed by atoms with Crippen LogP contribution >= 0.6 is 15.9 Å². The molecule has 1 unspecified atom stereocenters. The van der Waals surface area contributed by atoms with Crippen LogP contribution in [-0.4, -0.2) is 5.78 Å². The van der Waals surface area contributed by atoms with Gasteiger partial charge in [-0.1, -0.05) is 34.1 Å². The van der Waals surface area contributed by atoms with Gasteiger partial charge in [-0.25, -0.2) is 8.78 Å². The van der Waals surface area contributed by atoms with Gasteiger partial charge in [0.2, 0.25) is 0 Å². The SMILES string of the molecule is N#CC(C(=O)c1cc(Br)ccc1F)c1ccccc1F. The van der Waals surface area contributed by atoms with E-state index in [9.17, 15) is 13.6 Å². The highest BCUT2D eigenvalue weighted by Crippen LogP contribution is 2.25. The van der Waals surface area contributed by atoms with E-state index in [0.29, 0.717) is 4.47 Å². The number of benzene rings is 2. The molecule has 0 radical (unpaired) electrons. The van der Waals surface area contributed by atoms with E-state index in [-0.39, 0.29) is 11.1 Å². The zero-order valence-electron chi connectivity index (χ0n) is 10.1. The Morgan fingerprint density at radius 1 is 1.15 bits per heavy atom. The van der Waals surface area contributed by atoms with Crippen molar-refractivity contribution in [1.29, 1.82) is 5.26 Å². The fourth-order valence-corrected chi connectivity index (χ4v) is 2.18. The number of rotatable bonds is 3. The normalized spacial score (nSPS) is 11.7. The average molecular weight is 336 g/mol. The van der Waals surface area contributed by atoms with Gasteiger partial charge in [-0.05, 0) is 24.3 Å². The molecular weight excluding hydrogens is 328 g/mol. The quantitative estimate of drug-likeness (QED) is 0.788. The van der Waals surface area contributed by atoms with E-state index < -0.39 is 23.3 Å². The molecule has 5 heteroatoms. The monoisotopic (exact) mass is 335 g/mol. The zero-order valence-corrected chi connectivity index (χ0v) is 11.7. The Balaban J connectivity index is 2.48. The van der Waals surface area contributed by atoms with Crippen molar-refractivity contribution in [3.63, 3.8) is 0 Å². The van der Waals surface area contributed by atoms with Crippen molar-refractivity contribution in [3.8, 4) is 6.07 Å². The third-order valence-electron chi connectivity index (χ3n) is 2.80. The first-order chi connectivity index (χ1) is 9.54. The molecule has 20 heavy (non-hydrogen) atoms. The molecule has 0 spiro atoms. The minimum atomic E-state index is -1.38. The van der Waals surface area contributed by atoms with E-state index in [0.717, 1.165) is 12.1 Å². The van der Waals surface area contributed by atoms with Gasteiger partial charge in [0.1, 0.15) is 17.6 Å². The third-order valence-corrected chi connectivity index (χ3v) is 3.29. The van der Waals surface area contributed by atoms with Crippen molar-refractivity contribution >= 4 is 21.7 Å². The summed E-state index contributed by atoms with van der Waals surface area (Å²) in [6, 6.07) is 11.1. The number of nitriles is 1. The molecule has 100 valence electrons. The van der Waals surface area contributed by atoms with Gasteiger partial charge in [0.15, 0.2) is 5.78 Å². The van der Waals surface area contributed by atoms with Crippen molar-refractivity contribution < 1.29 is 13.6 Å². The van der Waals surface area contributed by atoms with Gasteiger partial charge >= 0.3 is 0 Å². The topological polar surface area (TPSA) is 40.9 Å². The molecule has 2 aromatic carbocycles. The van der Waals surface area contributed by atoms with Gasteiger partial charge in [-0.2, -0.15) is 5.26 Å². The highest BCUT2D eigenvalue weighted by atomic mass is 79.9. The summed E-state index contributed by atoms with van der Waals surface area (Å²) in [5, 5.41) is 9.12. The molecule has 0 N–H and O–H groups in total. The lowest BCUT2D eigenvalue weighted by molar-refractivity contribution is 0.0973. The Morgan fingerprint density at radius 2 is 1.85 bits per heavy atom. The summed E-state index contributed by atoms with van der Waals surface area (Å²) in [6.45, 7) is 0. The summed E-state index contributed by atoms with van der Waals surface area (Å²) in [5.74, 6) is -3.55. The fraction of sp³-hybridized carbons (Fsp3) is 0.0667. The Hall–Kier alpha value is -2.06. The Kier molecular flexibility index (Phi) is 4.26. The molecule has 2 aromatic rings. The molecule has 0 heterocycles. The van der Waals surface area contributed by atoms with Crippen molar-refractivity contribution in [1.82, 2.24) is 0 Å². The van der Waals surface area contributed by atoms with Gasteiger partial charge in [0.05, 0.1) is 11.6 Å². The zero-order chi connectivity index (χ0) is 14.7. The lowest BCUT2D eigenvalue weighted by atomic mass is 9.91. The Morgan fingerprint density at radius 3 is 2.50 bits per heavy atom. The number of Topliss-reactive ketones (excluding diaryl/α,β-unsaturated/α-hetero) is 1. The van der Waals surface area contributed by atoms with Crippen LogP contribution < -0.4 is 0 Å². The number of ketones is 1. The van der Waals surface area contributed by atoms with Crippen molar-refractivity contribution in [2.24, 2.45) is 0 Å². The molecular formula is C15H8BrF2NO. The minimum absolute atomic E-state index is 0.0561. The minimum Gasteiger partial charge on any atom is -0.292 e. The highest BCUT2D eigenvalue weighted by Gasteiger charge is 2.26. The van der Waals surface area contributed by atoms with Gasteiger partial charge in [-0.15, -0.1) is 0 Å². The first kappa shape index (κ1) is 14.4. The Bertz CT molecular complexity index is 709. The van der Waals surface area contributed by atoms with Crippen LogP contribution in [0.2, 0.25) is 0 Å². The van der Waals surface area contributed by atoms with Gasteiger partial charge in [-0.3, -0.25) is 4.79 Å². The molecule has 0 saturated heterocycles. The second-order valence-corrected chi connectivity index (χ2v) is 4.99. The van der Waals surface area contributed by atoms with Crippen LogP contribution in [0.4, 0.5) is 8.78 Å². The maximum atomic E-state index is 13.7. The molecule has 0 saturated carbocycles. The van der Waals surface area contributed by atoms with Crippen LogP contribution in [0.15, 0.2) is 46.9 Å². The van der Waals surface area contributed by atoms with E-state index >= 15 is 0 Å². The van der Waals surface area contributed by atoms with Crippen LogP contribution in [-0.2, 0) is 0 Å². The molecule has 0 fully saturated rings. The first-order valence-electron chi connectivity index (χ1n) is 5.68. The van der Waals surface area contributed by atoms with Crippen LogP contribution in [0.25, 0.3) is 0 Å². The maximum absolute atomic E-state index is 13.7. The van der Waals surface area contributed by atoms with E-state index in [1.54, 1.807) is 6.07 Å². The fourth-order valence-electron chi connectivity index (χ4n) is 1.82. The van der Waals surface area contributed by atoms with Crippen molar-refractivity contribution in [3.05, 3.63) is 69.7 Å². The summed E-state index contributed by atoms with van der Waals surface area (Å²) < 4.78 is 27.9. The largest absolute Gasteiger partial charge is 0.292 e. The lowest BCUT2D eigenvalue weighted by Gasteiger charge is -2.10. The molecule has 0 amide bonds. The second-order valence-electron chi connectivity index (χ2n) is 4.07. The van der Waals surface area contributed by atoms with Crippen molar-refractivity contribution in [2.45, 2.75) is 5.92 Å². The number of carbonyl (C=O) groups is 1. The summed E-state index contributed by atoms with van der Waals surface area (Å²) in [5.41, 5.74) is -0.298. The molecule has 2 rings (SSSR count). The number of halogens is 3. The highest BCUT2D eigenvalue weighted by molar-refractivity contribution is 9.10. The summed E-state index contributed by atoms with van der Waals surface area (Å²) in [4.78, 5) is 12.3. The first-order valence-corrected chi connectivity index (χ1v) is 6.47. The smallest absolute Gasteiger partial charge is 0.187 e. The predicted molar refractivity (Wildman–Crippen MR) is 73.2 cm³/mol. The van der Waals surface area contributed by atoms with E-state index in [4.69, 9.17) is 5.26 Å². The van der Waals surface area contributed by atoms with Gasteiger partial charge in [0, 0.05) is 10.0 Å². The summed E-state index contributed by atoms with van der Waals surface area (Å²) >= 11 is 3.13. The molecule has 0 aromatic heterocycles. The van der Waals surface area contributed by atoms with Crippen LogP contribution in [0.5, 0.6) is 0 Å². The van der Waals surface area contributed by atoms with Gasteiger partial charge in [0.25, 0.3) is 0 Å². The lowest BCUT2D eigenvalue weighted by Crippen LogP contribution is -2.14. The number of hydrogen-bond acceptors (Lipinski definition) is 2. The summed E-state index contributed by atoms with van der Waals surface area (Å²) in [6.07, 6.45) is 0. The molecule has 0 aliphatic rings. The van der Waals surface area contributed by atoms with Crippen LogP contribution in [0, 0.1) is 23.0 Å². The molecule has 0 aliphatic carbocycles. The van der Waals surface area contributed by atoms with Crippen LogP contribution in [0.3, 0.4) is 0 Å². The number of hydrogen-bond donors (Lipinski definition) is 0.